The second-order valence-corrected chi connectivity index (χ2v) is 9.49. The normalized spacial score (nSPS) is 11.7. The molecule has 1 aromatic heterocycles. The summed E-state index contributed by atoms with van der Waals surface area (Å²) in [6.45, 7) is 0.273. The van der Waals surface area contributed by atoms with Crippen LogP contribution in [0.4, 0.5) is 0 Å². The van der Waals surface area contributed by atoms with Gasteiger partial charge in [0.2, 0.25) is 10.0 Å². The van der Waals surface area contributed by atoms with E-state index >= 15 is 0 Å². The molecule has 0 aliphatic carbocycles. The lowest BCUT2D eigenvalue weighted by Crippen LogP contribution is -2.26. The van der Waals surface area contributed by atoms with Crippen LogP contribution in [0.2, 0.25) is 15.2 Å². The number of aromatic nitrogens is 1. The SMILES string of the molecule is O=S(=O)(NCCSCc1c(Cl)cccc1Cl)c1cnc(Cl)c(Br)c1. The third kappa shape index (κ3) is 5.49. The molecule has 2 aromatic rings. The molecule has 24 heavy (non-hydrogen) atoms. The molecule has 1 heterocycles. The molecule has 0 saturated carbocycles. The van der Waals surface area contributed by atoms with Gasteiger partial charge < -0.3 is 0 Å². The van der Waals surface area contributed by atoms with Crippen molar-refractivity contribution in [2.75, 3.05) is 12.3 Å². The third-order valence-corrected chi connectivity index (χ3v) is 7.18. The van der Waals surface area contributed by atoms with Crippen LogP contribution in [-0.2, 0) is 15.8 Å². The van der Waals surface area contributed by atoms with Gasteiger partial charge in [-0.3, -0.25) is 0 Å². The average Bonchev–Trinajstić information content (AvgIpc) is 2.52. The Bertz CT molecular complexity index is 815. The number of nitrogens with one attached hydrogen (secondary N) is 1. The molecule has 1 N–H and O–H groups in total. The van der Waals surface area contributed by atoms with Crippen LogP contribution in [0.1, 0.15) is 5.56 Å². The molecular weight excluding hydrogens is 479 g/mol. The zero-order valence-corrected chi connectivity index (χ0v) is 17.6. The maximum Gasteiger partial charge on any atom is 0.242 e. The van der Waals surface area contributed by atoms with Gasteiger partial charge in [0.25, 0.3) is 0 Å². The summed E-state index contributed by atoms with van der Waals surface area (Å²) in [5.41, 5.74) is 0.847. The van der Waals surface area contributed by atoms with Crippen molar-refractivity contribution in [2.24, 2.45) is 0 Å². The number of hydrogen-bond acceptors (Lipinski definition) is 4. The maximum atomic E-state index is 12.2. The highest BCUT2D eigenvalue weighted by atomic mass is 79.9. The van der Waals surface area contributed by atoms with E-state index in [0.717, 1.165) is 5.56 Å². The van der Waals surface area contributed by atoms with Gasteiger partial charge in [0.1, 0.15) is 10.0 Å². The van der Waals surface area contributed by atoms with E-state index in [4.69, 9.17) is 34.8 Å². The summed E-state index contributed by atoms with van der Waals surface area (Å²) in [6.07, 6.45) is 1.21. The van der Waals surface area contributed by atoms with Crippen LogP contribution in [0.5, 0.6) is 0 Å². The van der Waals surface area contributed by atoms with Crippen LogP contribution >= 0.6 is 62.5 Å². The largest absolute Gasteiger partial charge is 0.242 e. The summed E-state index contributed by atoms with van der Waals surface area (Å²) < 4.78 is 27.3. The van der Waals surface area contributed by atoms with Crippen LogP contribution in [0.25, 0.3) is 0 Å². The number of thioether (sulfide) groups is 1. The zero-order valence-electron chi connectivity index (χ0n) is 12.1. The Kier molecular flexibility index (Phi) is 7.67. The lowest BCUT2D eigenvalue weighted by Gasteiger charge is -2.08. The Balaban J connectivity index is 1.86. The summed E-state index contributed by atoms with van der Waals surface area (Å²) in [5, 5.41) is 1.42. The Labute approximate surface area is 168 Å². The third-order valence-electron chi connectivity index (χ3n) is 2.93. The second kappa shape index (κ2) is 9.07. The monoisotopic (exact) mass is 488 g/mol. The zero-order chi connectivity index (χ0) is 17.7. The predicted molar refractivity (Wildman–Crippen MR) is 105 cm³/mol. The first-order chi connectivity index (χ1) is 11.3. The molecule has 0 fully saturated rings. The van der Waals surface area contributed by atoms with Crippen LogP contribution in [0.3, 0.4) is 0 Å². The minimum Gasteiger partial charge on any atom is -0.242 e. The number of halogens is 4. The molecule has 0 aliphatic rings. The molecule has 0 bridgehead atoms. The van der Waals surface area contributed by atoms with Crippen molar-refractivity contribution < 1.29 is 8.42 Å². The van der Waals surface area contributed by atoms with E-state index < -0.39 is 10.0 Å². The van der Waals surface area contributed by atoms with Crippen molar-refractivity contribution in [3.8, 4) is 0 Å². The van der Waals surface area contributed by atoms with Gasteiger partial charge in [-0.15, -0.1) is 0 Å². The topological polar surface area (TPSA) is 59.1 Å². The average molecular weight is 491 g/mol. The molecular formula is C14H12BrCl3N2O2S2. The molecule has 0 spiro atoms. The molecule has 0 radical (unpaired) electrons. The van der Waals surface area contributed by atoms with E-state index in [9.17, 15) is 8.42 Å². The van der Waals surface area contributed by atoms with Crippen molar-refractivity contribution in [2.45, 2.75) is 10.6 Å². The second-order valence-electron chi connectivity index (χ2n) is 4.59. The molecule has 130 valence electrons. The van der Waals surface area contributed by atoms with Crippen LogP contribution in [0.15, 0.2) is 39.8 Å². The van der Waals surface area contributed by atoms with Crippen molar-refractivity contribution in [1.29, 1.82) is 0 Å². The fourth-order valence-corrected chi connectivity index (χ4v) is 5.06. The van der Waals surface area contributed by atoms with Gasteiger partial charge in [0.15, 0.2) is 0 Å². The quantitative estimate of drug-likeness (QED) is 0.438. The van der Waals surface area contributed by atoms with Gasteiger partial charge in [0, 0.05) is 34.3 Å². The molecule has 0 aliphatic heterocycles. The van der Waals surface area contributed by atoms with Gasteiger partial charge in [-0.25, -0.2) is 18.1 Å². The minimum atomic E-state index is -3.63. The van der Waals surface area contributed by atoms with Crippen LogP contribution in [-0.4, -0.2) is 25.7 Å². The maximum absolute atomic E-state index is 12.2. The standard InChI is InChI=1S/C14H12BrCl3N2O2S2/c15-11-6-9(7-19-14(11)18)24(21,22)20-4-5-23-8-10-12(16)2-1-3-13(10)17/h1-3,6-7,20H,4-5,8H2. The number of hydrogen-bond donors (Lipinski definition) is 1. The van der Waals surface area contributed by atoms with Crippen molar-refractivity contribution in [1.82, 2.24) is 9.71 Å². The van der Waals surface area contributed by atoms with E-state index in [0.29, 0.717) is 26.0 Å². The highest BCUT2D eigenvalue weighted by Crippen LogP contribution is 2.28. The van der Waals surface area contributed by atoms with Gasteiger partial charge in [-0.2, -0.15) is 11.8 Å². The number of nitrogens with zero attached hydrogens (tertiary/aromatic N) is 1. The van der Waals surface area contributed by atoms with Gasteiger partial charge >= 0.3 is 0 Å². The summed E-state index contributed by atoms with van der Waals surface area (Å²) in [5.74, 6) is 1.18. The fraction of sp³-hybridized carbons (Fsp3) is 0.214. The Morgan fingerprint density at radius 1 is 1.21 bits per heavy atom. The Morgan fingerprint density at radius 2 is 1.88 bits per heavy atom. The highest BCUT2D eigenvalue weighted by molar-refractivity contribution is 9.10. The first kappa shape index (κ1) is 20.3. The molecule has 2 rings (SSSR count). The molecule has 0 amide bonds. The van der Waals surface area contributed by atoms with E-state index in [-0.39, 0.29) is 16.6 Å². The molecule has 1 aromatic carbocycles. The van der Waals surface area contributed by atoms with Crippen LogP contribution < -0.4 is 4.72 Å². The highest BCUT2D eigenvalue weighted by Gasteiger charge is 2.15. The van der Waals surface area contributed by atoms with E-state index in [1.165, 1.54) is 24.0 Å². The lowest BCUT2D eigenvalue weighted by atomic mass is 10.2. The summed E-state index contributed by atoms with van der Waals surface area (Å²) >= 11 is 22.6. The number of benzene rings is 1. The Hall–Kier alpha value is -0.0200. The van der Waals surface area contributed by atoms with Crippen molar-refractivity contribution in [3.05, 3.63) is 55.7 Å². The van der Waals surface area contributed by atoms with Gasteiger partial charge in [-0.1, -0.05) is 40.9 Å². The van der Waals surface area contributed by atoms with Crippen molar-refractivity contribution >= 4 is 72.5 Å². The molecule has 0 unspecified atom stereocenters. The number of pyridine rings is 1. The van der Waals surface area contributed by atoms with E-state index in [1.807, 2.05) is 0 Å². The van der Waals surface area contributed by atoms with Gasteiger partial charge in [0.05, 0.1) is 4.47 Å². The molecule has 4 nitrogen and oxygen atoms in total. The first-order valence-electron chi connectivity index (χ1n) is 6.62. The number of rotatable bonds is 7. The lowest BCUT2D eigenvalue weighted by molar-refractivity contribution is 0.583. The van der Waals surface area contributed by atoms with Crippen LogP contribution in [0, 0.1) is 0 Å². The fourth-order valence-electron chi connectivity index (χ4n) is 1.73. The summed E-state index contributed by atoms with van der Waals surface area (Å²) in [6, 6.07) is 6.74. The minimum absolute atomic E-state index is 0.0536. The molecule has 0 saturated heterocycles. The molecule has 10 heteroatoms. The summed E-state index contributed by atoms with van der Waals surface area (Å²) in [7, 11) is -3.63. The number of sulfonamides is 1. The van der Waals surface area contributed by atoms with E-state index in [1.54, 1.807) is 18.2 Å². The Morgan fingerprint density at radius 3 is 2.50 bits per heavy atom. The molecule has 0 atom stereocenters. The van der Waals surface area contributed by atoms with Gasteiger partial charge in [-0.05, 0) is 39.7 Å². The smallest absolute Gasteiger partial charge is 0.242 e. The van der Waals surface area contributed by atoms with E-state index in [2.05, 4.69) is 25.6 Å². The van der Waals surface area contributed by atoms with Crippen molar-refractivity contribution in [3.63, 3.8) is 0 Å². The predicted octanol–water partition coefficient (Wildman–Crippen LogP) is 5.02. The first-order valence-corrected chi connectivity index (χ1v) is 11.2. The summed E-state index contributed by atoms with van der Waals surface area (Å²) in [4.78, 5) is 3.87.